The molecule has 154 valence electrons. The van der Waals surface area contributed by atoms with Crippen LogP contribution < -0.4 is 5.32 Å². The van der Waals surface area contributed by atoms with E-state index in [1.54, 1.807) is 23.1 Å². The number of nitrogens with zero attached hydrogens (tertiary/aromatic N) is 1. The molecule has 30 heavy (non-hydrogen) atoms. The van der Waals surface area contributed by atoms with Gasteiger partial charge in [-0.3, -0.25) is 14.4 Å². The van der Waals surface area contributed by atoms with Crippen LogP contribution in [0.5, 0.6) is 0 Å². The Labute approximate surface area is 173 Å². The van der Waals surface area contributed by atoms with E-state index in [4.69, 9.17) is 9.15 Å². The van der Waals surface area contributed by atoms with Crippen molar-refractivity contribution in [2.45, 2.75) is 26.0 Å². The Bertz CT molecular complexity index is 1080. The number of carbonyl (C=O) groups excluding carboxylic acids is 3. The zero-order valence-electron chi connectivity index (χ0n) is 16.5. The number of furan rings is 1. The topological polar surface area (TPSA) is 88.9 Å². The second-order valence-corrected chi connectivity index (χ2v) is 7.38. The van der Waals surface area contributed by atoms with Crippen LogP contribution in [-0.4, -0.2) is 35.3 Å². The summed E-state index contributed by atoms with van der Waals surface area (Å²) in [5.74, 6) is -1.05. The predicted octanol–water partition coefficient (Wildman–Crippen LogP) is 3.35. The normalized spacial score (nSPS) is 17.2. The van der Waals surface area contributed by atoms with E-state index in [2.05, 4.69) is 5.32 Å². The van der Waals surface area contributed by atoms with Crippen molar-refractivity contribution in [3.63, 3.8) is 0 Å². The molecule has 2 heterocycles. The molecule has 2 aromatic carbocycles. The van der Waals surface area contributed by atoms with Gasteiger partial charge in [0.2, 0.25) is 5.91 Å². The molecule has 3 aromatic rings. The van der Waals surface area contributed by atoms with Gasteiger partial charge in [-0.2, -0.15) is 0 Å². The van der Waals surface area contributed by atoms with E-state index < -0.39 is 23.9 Å². The second-order valence-electron chi connectivity index (χ2n) is 7.38. The van der Waals surface area contributed by atoms with E-state index in [-0.39, 0.29) is 18.9 Å². The molecule has 2 amide bonds. The molecule has 0 spiro atoms. The summed E-state index contributed by atoms with van der Waals surface area (Å²) in [6.45, 7) is 2.08. The minimum atomic E-state index is -0.974. The monoisotopic (exact) mass is 406 g/mol. The maximum absolute atomic E-state index is 12.5. The average Bonchev–Trinajstić information content (AvgIpc) is 3.38. The van der Waals surface area contributed by atoms with Gasteiger partial charge in [-0.15, -0.1) is 0 Å². The smallest absolute Gasteiger partial charge is 0.312 e. The minimum absolute atomic E-state index is 0.0680. The van der Waals surface area contributed by atoms with Crippen LogP contribution in [0.1, 0.15) is 19.1 Å². The van der Waals surface area contributed by atoms with Crippen molar-refractivity contribution >= 4 is 34.2 Å². The fraction of sp³-hybridized carbons (Fsp3) is 0.261. The van der Waals surface area contributed by atoms with Gasteiger partial charge in [-0.1, -0.05) is 30.3 Å². The van der Waals surface area contributed by atoms with Gasteiger partial charge in [-0.05, 0) is 42.0 Å². The highest BCUT2D eigenvalue weighted by Crippen LogP contribution is 2.23. The van der Waals surface area contributed by atoms with E-state index in [9.17, 15) is 14.4 Å². The number of hydrogen-bond donors (Lipinski definition) is 1. The van der Waals surface area contributed by atoms with Crippen LogP contribution in [0.2, 0.25) is 0 Å². The molecule has 0 bridgehead atoms. The number of ether oxygens (including phenoxy) is 1. The maximum atomic E-state index is 12.5. The van der Waals surface area contributed by atoms with E-state index >= 15 is 0 Å². The first-order valence-corrected chi connectivity index (χ1v) is 9.80. The Morgan fingerprint density at radius 1 is 1.17 bits per heavy atom. The molecule has 0 aliphatic carbocycles. The lowest BCUT2D eigenvalue weighted by Gasteiger charge is -2.17. The third kappa shape index (κ3) is 4.35. The standard InChI is InChI=1S/C23H22N2O5/c1-15(22(27)24-19-9-8-16-5-2-3-6-17(16)11-19)30-23(28)18-12-21(26)25(13-18)14-20-7-4-10-29-20/h2-11,15,18H,12-14H2,1H3,(H,24,27)/t15-,18-/m0/s1. The van der Waals surface area contributed by atoms with Gasteiger partial charge < -0.3 is 19.4 Å². The van der Waals surface area contributed by atoms with E-state index in [1.165, 1.54) is 13.2 Å². The number of rotatable bonds is 6. The number of anilines is 1. The SMILES string of the molecule is C[C@H](OC(=O)[C@H]1CC(=O)N(Cc2ccco2)C1)C(=O)Nc1ccc2ccccc2c1. The summed E-state index contributed by atoms with van der Waals surface area (Å²) in [4.78, 5) is 38.7. The number of likely N-dealkylation sites (tertiary alicyclic amines) is 1. The van der Waals surface area contributed by atoms with Gasteiger partial charge in [-0.25, -0.2) is 0 Å². The van der Waals surface area contributed by atoms with Crippen LogP contribution in [0, 0.1) is 5.92 Å². The van der Waals surface area contributed by atoms with Crippen LogP contribution in [0.15, 0.2) is 65.3 Å². The molecule has 0 unspecified atom stereocenters. The van der Waals surface area contributed by atoms with Gasteiger partial charge in [0.25, 0.3) is 5.91 Å². The van der Waals surface area contributed by atoms with Crippen molar-refractivity contribution in [1.82, 2.24) is 4.90 Å². The van der Waals surface area contributed by atoms with Crippen LogP contribution in [-0.2, 0) is 25.7 Å². The van der Waals surface area contributed by atoms with Gasteiger partial charge in [0.05, 0.1) is 18.7 Å². The molecule has 1 aromatic heterocycles. The van der Waals surface area contributed by atoms with Crippen molar-refractivity contribution in [2.24, 2.45) is 5.92 Å². The molecule has 1 fully saturated rings. The molecule has 1 aliphatic rings. The predicted molar refractivity (Wildman–Crippen MR) is 110 cm³/mol. The van der Waals surface area contributed by atoms with E-state index in [0.717, 1.165) is 10.8 Å². The highest BCUT2D eigenvalue weighted by Gasteiger charge is 2.36. The number of benzene rings is 2. The van der Waals surface area contributed by atoms with Gasteiger partial charge in [0.15, 0.2) is 6.10 Å². The highest BCUT2D eigenvalue weighted by molar-refractivity contribution is 5.97. The van der Waals surface area contributed by atoms with Crippen LogP contribution in [0.25, 0.3) is 10.8 Å². The van der Waals surface area contributed by atoms with E-state index in [1.807, 2.05) is 36.4 Å². The van der Waals surface area contributed by atoms with E-state index in [0.29, 0.717) is 18.0 Å². The molecule has 1 aliphatic heterocycles. The molecule has 1 saturated heterocycles. The van der Waals surface area contributed by atoms with Crippen molar-refractivity contribution in [1.29, 1.82) is 0 Å². The number of amides is 2. The van der Waals surface area contributed by atoms with Crippen LogP contribution in [0.3, 0.4) is 0 Å². The first-order valence-electron chi connectivity index (χ1n) is 9.80. The Morgan fingerprint density at radius 3 is 2.73 bits per heavy atom. The lowest BCUT2D eigenvalue weighted by Crippen LogP contribution is -2.33. The van der Waals surface area contributed by atoms with Crippen LogP contribution in [0.4, 0.5) is 5.69 Å². The summed E-state index contributed by atoms with van der Waals surface area (Å²) >= 11 is 0. The molecule has 4 rings (SSSR count). The fourth-order valence-electron chi connectivity index (χ4n) is 3.51. The molecule has 0 saturated carbocycles. The summed E-state index contributed by atoms with van der Waals surface area (Å²) in [5, 5.41) is 4.84. The van der Waals surface area contributed by atoms with Crippen molar-refractivity contribution < 1.29 is 23.5 Å². The number of carbonyl (C=O) groups is 3. The first kappa shape index (κ1) is 19.7. The Kier molecular flexibility index (Phi) is 5.52. The molecule has 2 atom stereocenters. The Hall–Kier alpha value is -3.61. The maximum Gasteiger partial charge on any atom is 0.312 e. The van der Waals surface area contributed by atoms with Gasteiger partial charge >= 0.3 is 5.97 Å². The molecule has 7 heteroatoms. The molecule has 7 nitrogen and oxygen atoms in total. The third-order valence-corrected chi connectivity index (χ3v) is 5.15. The molecular weight excluding hydrogens is 384 g/mol. The summed E-state index contributed by atoms with van der Waals surface area (Å²) < 4.78 is 10.6. The third-order valence-electron chi connectivity index (χ3n) is 5.15. The molecular formula is C23H22N2O5. The zero-order valence-corrected chi connectivity index (χ0v) is 16.5. The van der Waals surface area contributed by atoms with Crippen molar-refractivity contribution in [3.8, 4) is 0 Å². The molecule has 1 N–H and O–H groups in total. The zero-order chi connectivity index (χ0) is 21.1. The highest BCUT2D eigenvalue weighted by atomic mass is 16.5. The molecule has 0 radical (unpaired) electrons. The summed E-state index contributed by atoms with van der Waals surface area (Å²) in [5.41, 5.74) is 0.627. The van der Waals surface area contributed by atoms with Crippen molar-refractivity contribution in [3.05, 3.63) is 66.6 Å². The summed E-state index contributed by atoms with van der Waals surface area (Å²) in [6.07, 6.45) is 0.633. The first-order chi connectivity index (χ1) is 14.5. The number of fused-ring (bicyclic) bond motifs is 1. The van der Waals surface area contributed by atoms with Gasteiger partial charge in [0, 0.05) is 18.7 Å². The quantitative estimate of drug-likeness (QED) is 0.634. The lowest BCUT2D eigenvalue weighted by molar-refractivity contribution is -0.157. The number of esters is 1. The fourth-order valence-corrected chi connectivity index (χ4v) is 3.51. The number of hydrogen-bond acceptors (Lipinski definition) is 5. The Balaban J connectivity index is 1.32. The average molecular weight is 406 g/mol. The Morgan fingerprint density at radius 2 is 1.97 bits per heavy atom. The minimum Gasteiger partial charge on any atom is -0.467 e. The van der Waals surface area contributed by atoms with Gasteiger partial charge in [0.1, 0.15) is 5.76 Å². The lowest BCUT2D eigenvalue weighted by atomic mass is 10.1. The van der Waals surface area contributed by atoms with Crippen molar-refractivity contribution in [2.75, 3.05) is 11.9 Å². The van der Waals surface area contributed by atoms with Crippen LogP contribution >= 0.6 is 0 Å². The second kappa shape index (κ2) is 8.41. The largest absolute Gasteiger partial charge is 0.467 e. The summed E-state index contributed by atoms with van der Waals surface area (Å²) in [7, 11) is 0. The number of nitrogens with one attached hydrogen (secondary N) is 1. The summed E-state index contributed by atoms with van der Waals surface area (Å²) in [6, 6.07) is 16.9.